The van der Waals surface area contributed by atoms with Gasteiger partial charge in [0.15, 0.2) is 0 Å². The fourth-order valence-corrected chi connectivity index (χ4v) is 3.69. The third-order valence-electron chi connectivity index (χ3n) is 3.62. The minimum atomic E-state index is 0.520. The number of fused-ring (bicyclic) bond motifs is 1. The minimum absolute atomic E-state index is 0.520. The van der Waals surface area contributed by atoms with Gasteiger partial charge >= 0.3 is 0 Å². The first-order valence-corrected chi connectivity index (χ1v) is 7.48. The standard InChI is InChI=1S/C17H16S/c1-12-14-10-6-7-11-15(14)16(17(12)18-2)13-8-4-3-5-9-13/h3-12H,1-2H3. The molecule has 0 N–H and O–H groups in total. The van der Waals surface area contributed by atoms with Crippen LogP contribution in [0.25, 0.3) is 5.57 Å². The maximum absolute atomic E-state index is 2.31. The zero-order valence-corrected chi connectivity index (χ0v) is 11.5. The average Bonchev–Trinajstić information content (AvgIpc) is 2.73. The van der Waals surface area contributed by atoms with Crippen LogP contribution in [0.2, 0.25) is 0 Å². The topological polar surface area (TPSA) is 0 Å². The lowest BCUT2D eigenvalue weighted by molar-refractivity contribution is 0.975. The van der Waals surface area contributed by atoms with Crippen LogP contribution in [0, 0.1) is 0 Å². The van der Waals surface area contributed by atoms with Gasteiger partial charge in [-0.15, -0.1) is 11.8 Å². The fourth-order valence-electron chi connectivity index (χ4n) is 2.77. The molecular weight excluding hydrogens is 236 g/mol. The summed E-state index contributed by atoms with van der Waals surface area (Å²) in [7, 11) is 0. The lowest BCUT2D eigenvalue weighted by atomic mass is 9.98. The van der Waals surface area contributed by atoms with E-state index in [0.29, 0.717) is 5.92 Å². The second-order valence-corrected chi connectivity index (χ2v) is 5.47. The summed E-state index contributed by atoms with van der Waals surface area (Å²) < 4.78 is 0. The lowest BCUT2D eigenvalue weighted by Gasteiger charge is -2.09. The van der Waals surface area contributed by atoms with Crippen molar-refractivity contribution >= 4 is 17.3 Å². The van der Waals surface area contributed by atoms with Crippen molar-refractivity contribution in [1.29, 1.82) is 0 Å². The van der Waals surface area contributed by atoms with E-state index in [4.69, 9.17) is 0 Å². The molecule has 0 bridgehead atoms. The average molecular weight is 252 g/mol. The second-order valence-electron chi connectivity index (χ2n) is 4.62. The van der Waals surface area contributed by atoms with E-state index in [-0.39, 0.29) is 0 Å². The summed E-state index contributed by atoms with van der Waals surface area (Å²) in [6, 6.07) is 19.5. The van der Waals surface area contributed by atoms with Gasteiger partial charge in [0.25, 0.3) is 0 Å². The summed E-state index contributed by atoms with van der Waals surface area (Å²) in [5.74, 6) is 0.520. The highest BCUT2D eigenvalue weighted by atomic mass is 32.2. The highest BCUT2D eigenvalue weighted by molar-refractivity contribution is 8.02. The monoisotopic (exact) mass is 252 g/mol. The maximum Gasteiger partial charge on any atom is 0.0133 e. The molecule has 0 heterocycles. The largest absolute Gasteiger partial charge is 0.133 e. The van der Waals surface area contributed by atoms with Gasteiger partial charge in [-0.1, -0.05) is 61.5 Å². The van der Waals surface area contributed by atoms with Crippen molar-refractivity contribution in [3.8, 4) is 0 Å². The fraction of sp³-hybridized carbons (Fsp3) is 0.176. The summed E-state index contributed by atoms with van der Waals surface area (Å²) in [5, 5.41) is 0. The first-order valence-electron chi connectivity index (χ1n) is 6.26. The molecule has 0 amide bonds. The molecule has 0 saturated heterocycles. The molecule has 0 radical (unpaired) electrons. The molecule has 2 aromatic rings. The summed E-state index contributed by atoms with van der Waals surface area (Å²) in [4.78, 5) is 1.49. The van der Waals surface area contributed by atoms with Crippen LogP contribution >= 0.6 is 11.8 Å². The van der Waals surface area contributed by atoms with Gasteiger partial charge in [0, 0.05) is 10.8 Å². The summed E-state index contributed by atoms with van der Waals surface area (Å²) in [6.07, 6.45) is 2.18. The molecular formula is C17H16S. The first-order chi connectivity index (χ1) is 8.83. The molecule has 1 aliphatic carbocycles. The second kappa shape index (κ2) is 4.66. The molecule has 0 aromatic heterocycles. The minimum Gasteiger partial charge on any atom is -0.133 e. The highest BCUT2D eigenvalue weighted by Gasteiger charge is 2.27. The Hall–Kier alpha value is -1.47. The van der Waals surface area contributed by atoms with Crippen LogP contribution in [-0.2, 0) is 0 Å². The molecule has 0 fully saturated rings. The third-order valence-corrected chi connectivity index (χ3v) is 4.62. The third kappa shape index (κ3) is 1.70. The van der Waals surface area contributed by atoms with Crippen LogP contribution in [0.5, 0.6) is 0 Å². The maximum atomic E-state index is 2.31. The van der Waals surface area contributed by atoms with E-state index >= 15 is 0 Å². The lowest BCUT2D eigenvalue weighted by Crippen LogP contribution is -1.89. The van der Waals surface area contributed by atoms with Crippen molar-refractivity contribution in [1.82, 2.24) is 0 Å². The van der Waals surface area contributed by atoms with Gasteiger partial charge in [0.2, 0.25) is 0 Å². The van der Waals surface area contributed by atoms with Crippen LogP contribution in [0.3, 0.4) is 0 Å². The van der Waals surface area contributed by atoms with Gasteiger partial charge < -0.3 is 0 Å². The van der Waals surface area contributed by atoms with Gasteiger partial charge in [-0.05, 0) is 28.5 Å². The van der Waals surface area contributed by atoms with Gasteiger partial charge in [0.05, 0.1) is 0 Å². The predicted octanol–water partition coefficient (Wildman–Crippen LogP) is 4.93. The van der Waals surface area contributed by atoms with Crippen molar-refractivity contribution in [2.45, 2.75) is 12.8 Å². The molecule has 1 atom stereocenters. The van der Waals surface area contributed by atoms with Gasteiger partial charge in [-0.2, -0.15) is 0 Å². The molecule has 18 heavy (non-hydrogen) atoms. The Bertz CT molecular complexity index is 596. The SMILES string of the molecule is CSC1=C(c2ccccc2)c2ccccc2C1C. The Morgan fingerprint density at radius 1 is 0.889 bits per heavy atom. The Balaban J connectivity index is 2.24. The molecule has 1 aliphatic rings. The van der Waals surface area contributed by atoms with Crippen molar-refractivity contribution in [2.24, 2.45) is 0 Å². The van der Waals surface area contributed by atoms with Crippen LogP contribution in [0.15, 0.2) is 59.5 Å². The molecule has 0 aliphatic heterocycles. The van der Waals surface area contributed by atoms with Crippen molar-refractivity contribution in [2.75, 3.05) is 6.26 Å². The van der Waals surface area contributed by atoms with Gasteiger partial charge in [0.1, 0.15) is 0 Å². The Labute approximate surface area is 113 Å². The van der Waals surface area contributed by atoms with E-state index in [0.717, 1.165) is 0 Å². The molecule has 1 heteroatoms. The van der Waals surface area contributed by atoms with Crippen LogP contribution < -0.4 is 0 Å². The normalized spacial score (nSPS) is 18.0. The number of benzene rings is 2. The molecule has 0 saturated carbocycles. The number of rotatable bonds is 2. The number of allylic oxidation sites excluding steroid dienone is 1. The van der Waals surface area contributed by atoms with E-state index in [1.165, 1.54) is 27.2 Å². The van der Waals surface area contributed by atoms with Gasteiger partial charge in [-0.25, -0.2) is 0 Å². The summed E-state index contributed by atoms with van der Waals surface area (Å²) in [6.45, 7) is 2.31. The molecule has 0 spiro atoms. The molecule has 3 rings (SSSR count). The first kappa shape index (κ1) is 11.6. The van der Waals surface area contributed by atoms with Crippen molar-refractivity contribution in [3.05, 3.63) is 76.2 Å². The quantitative estimate of drug-likeness (QED) is 0.730. The Morgan fingerprint density at radius 3 is 2.28 bits per heavy atom. The number of hydrogen-bond acceptors (Lipinski definition) is 1. The van der Waals surface area contributed by atoms with E-state index in [1.54, 1.807) is 0 Å². The van der Waals surface area contributed by atoms with Gasteiger partial charge in [-0.3, -0.25) is 0 Å². The molecule has 90 valence electrons. The number of hydrogen-bond donors (Lipinski definition) is 0. The molecule has 1 unspecified atom stereocenters. The smallest absolute Gasteiger partial charge is 0.0133 e. The van der Waals surface area contributed by atoms with Crippen LogP contribution in [0.1, 0.15) is 29.5 Å². The van der Waals surface area contributed by atoms with Crippen molar-refractivity contribution < 1.29 is 0 Å². The van der Waals surface area contributed by atoms with E-state index in [1.807, 2.05) is 11.8 Å². The van der Waals surface area contributed by atoms with E-state index in [2.05, 4.69) is 67.8 Å². The summed E-state index contributed by atoms with van der Waals surface area (Å²) >= 11 is 1.88. The zero-order valence-electron chi connectivity index (χ0n) is 10.7. The van der Waals surface area contributed by atoms with E-state index < -0.39 is 0 Å². The molecule has 2 aromatic carbocycles. The number of thioether (sulfide) groups is 1. The predicted molar refractivity (Wildman–Crippen MR) is 80.8 cm³/mol. The van der Waals surface area contributed by atoms with E-state index in [9.17, 15) is 0 Å². The Kier molecular flexibility index (Phi) is 3.00. The van der Waals surface area contributed by atoms with Crippen molar-refractivity contribution in [3.63, 3.8) is 0 Å². The summed E-state index contributed by atoms with van der Waals surface area (Å²) in [5.41, 5.74) is 5.62. The zero-order chi connectivity index (χ0) is 12.5. The Morgan fingerprint density at radius 2 is 1.56 bits per heavy atom. The molecule has 0 nitrogen and oxygen atoms in total. The van der Waals surface area contributed by atoms with Crippen LogP contribution in [-0.4, -0.2) is 6.26 Å². The van der Waals surface area contributed by atoms with Crippen LogP contribution in [0.4, 0.5) is 0 Å². The highest BCUT2D eigenvalue weighted by Crippen LogP contribution is 2.48.